The topological polar surface area (TPSA) is 80.5 Å². The lowest BCUT2D eigenvalue weighted by Gasteiger charge is -2.16. The quantitative estimate of drug-likeness (QED) is 0.616. The summed E-state index contributed by atoms with van der Waals surface area (Å²) < 4.78 is 23.0. The minimum Gasteiger partial charge on any atom is -0.369 e. The fourth-order valence-corrected chi connectivity index (χ4v) is 1.92. The molecule has 0 radical (unpaired) electrons. The monoisotopic (exact) mass is 214 g/mol. The normalized spacial score (nSPS) is 11.9. The van der Waals surface area contributed by atoms with Crippen LogP contribution in [-0.4, -0.2) is 36.9 Å². The van der Waals surface area contributed by atoms with Crippen LogP contribution in [0.2, 0.25) is 0 Å². The summed E-state index contributed by atoms with van der Waals surface area (Å²) in [5, 5.41) is -0.534. The highest BCUT2D eigenvalue weighted by Crippen LogP contribution is 2.01. The fraction of sp³-hybridized carbons (Fsp3) is 0.800. The Hall–Kier alpha value is -0.330. The van der Waals surface area contributed by atoms with E-state index in [9.17, 15) is 13.2 Å². The predicted molar refractivity (Wildman–Crippen MR) is 46.1 cm³/mol. The number of carbonyl (C=O) groups is 1. The number of sulfonamides is 1. The Balaban J connectivity index is 4.46. The number of halogens is 1. The summed E-state index contributed by atoms with van der Waals surface area (Å²) in [4.78, 5) is 10.4. The van der Waals surface area contributed by atoms with Crippen LogP contribution in [0.3, 0.4) is 0 Å². The van der Waals surface area contributed by atoms with Crippen LogP contribution in [-0.2, 0) is 14.8 Å². The van der Waals surface area contributed by atoms with Crippen LogP contribution in [0.4, 0.5) is 0 Å². The average Bonchev–Trinajstić information content (AvgIpc) is 1.99. The van der Waals surface area contributed by atoms with E-state index in [4.69, 9.17) is 17.3 Å². The first-order valence-corrected chi connectivity index (χ1v) is 5.40. The Morgan fingerprint density at radius 2 is 2.08 bits per heavy atom. The maximum atomic E-state index is 11.1. The van der Waals surface area contributed by atoms with Gasteiger partial charge in [-0.3, -0.25) is 4.79 Å². The summed E-state index contributed by atoms with van der Waals surface area (Å²) in [6.07, 6.45) is 0. The number of rotatable bonds is 5. The number of likely N-dealkylation sites (N-methyl/N-ethyl adjacent to an activating group) is 1. The molecule has 0 rings (SSSR count). The number of hydrogen-bond acceptors (Lipinski definition) is 3. The largest absolute Gasteiger partial charge is 0.369 e. The molecule has 0 saturated heterocycles. The number of amides is 1. The van der Waals surface area contributed by atoms with Crippen molar-refractivity contribution < 1.29 is 13.2 Å². The minimum atomic E-state index is -3.51. The zero-order chi connectivity index (χ0) is 9.78. The maximum absolute atomic E-state index is 11.1. The van der Waals surface area contributed by atoms with Gasteiger partial charge < -0.3 is 5.73 Å². The molecule has 0 unspecified atom stereocenters. The van der Waals surface area contributed by atoms with E-state index in [-0.39, 0.29) is 13.1 Å². The highest BCUT2D eigenvalue weighted by molar-refractivity contribution is 7.90. The van der Waals surface area contributed by atoms with Crippen LogP contribution in [0.25, 0.3) is 0 Å². The van der Waals surface area contributed by atoms with E-state index in [1.165, 1.54) is 0 Å². The van der Waals surface area contributed by atoms with Crippen LogP contribution in [0, 0.1) is 0 Å². The Morgan fingerprint density at radius 3 is 2.33 bits per heavy atom. The summed E-state index contributed by atoms with van der Waals surface area (Å²) in [5.41, 5.74) is 4.83. The molecule has 72 valence electrons. The number of hydrogen-bond donors (Lipinski definition) is 1. The third-order valence-electron chi connectivity index (χ3n) is 1.22. The first-order valence-electron chi connectivity index (χ1n) is 3.26. The van der Waals surface area contributed by atoms with Gasteiger partial charge in [0.25, 0.3) is 0 Å². The molecule has 0 atom stereocenters. The number of carbonyl (C=O) groups excluding carboxylic acids is 1. The highest BCUT2D eigenvalue weighted by atomic mass is 35.5. The van der Waals surface area contributed by atoms with Crippen LogP contribution in [0.5, 0.6) is 0 Å². The van der Waals surface area contributed by atoms with E-state index < -0.39 is 21.1 Å². The van der Waals surface area contributed by atoms with Gasteiger partial charge in [-0.1, -0.05) is 6.92 Å². The van der Waals surface area contributed by atoms with Crippen molar-refractivity contribution >= 4 is 27.5 Å². The summed E-state index contributed by atoms with van der Waals surface area (Å²) in [6.45, 7) is 1.48. The maximum Gasteiger partial charge on any atom is 0.232 e. The molecule has 0 aromatic heterocycles. The second-order valence-corrected chi connectivity index (χ2v) is 4.67. The molecule has 5 nitrogen and oxygen atoms in total. The molecule has 0 aliphatic heterocycles. The molecule has 7 heteroatoms. The third kappa shape index (κ3) is 3.38. The second-order valence-electron chi connectivity index (χ2n) is 2.11. The van der Waals surface area contributed by atoms with E-state index >= 15 is 0 Å². The Kier molecular flexibility index (Phi) is 4.51. The Morgan fingerprint density at radius 1 is 1.58 bits per heavy atom. The van der Waals surface area contributed by atoms with Gasteiger partial charge in [0.2, 0.25) is 15.9 Å². The van der Waals surface area contributed by atoms with Gasteiger partial charge in [0.15, 0.2) is 0 Å². The Labute approximate surface area is 76.5 Å². The van der Waals surface area contributed by atoms with Crippen molar-refractivity contribution in [3.63, 3.8) is 0 Å². The number of primary amides is 1. The van der Waals surface area contributed by atoms with Crippen molar-refractivity contribution in [2.24, 2.45) is 5.73 Å². The molecule has 0 spiro atoms. The van der Waals surface area contributed by atoms with Crippen molar-refractivity contribution in [2.45, 2.75) is 6.92 Å². The minimum absolute atomic E-state index is 0.192. The molecule has 1 amide bonds. The summed E-state index contributed by atoms with van der Waals surface area (Å²) in [5.74, 6) is -0.689. The van der Waals surface area contributed by atoms with E-state index in [1.807, 2.05) is 0 Å². The van der Waals surface area contributed by atoms with Crippen molar-refractivity contribution in [1.82, 2.24) is 4.31 Å². The number of nitrogens with two attached hydrogens (primary N) is 1. The molecule has 12 heavy (non-hydrogen) atoms. The molecule has 0 aromatic carbocycles. The molecule has 0 bridgehead atoms. The SMILES string of the molecule is CCN(CC(N)=O)S(=O)(=O)CCl. The molecule has 0 fully saturated rings. The zero-order valence-corrected chi connectivity index (χ0v) is 8.23. The first-order chi connectivity index (χ1) is 5.44. The molecular weight excluding hydrogens is 204 g/mol. The lowest BCUT2D eigenvalue weighted by Crippen LogP contribution is -2.38. The van der Waals surface area contributed by atoms with Crippen LogP contribution in [0.15, 0.2) is 0 Å². The highest BCUT2D eigenvalue weighted by Gasteiger charge is 2.20. The van der Waals surface area contributed by atoms with Crippen LogP contribution < -0.4 is 5.73 Å². The van der Waals surface area contributed by atoms with Gasteiger partial charge in [-0.05, 0) is 0 Å². The van der Waals surface area contributed by atoms with Gasteiger partial charge in [-0.15, -0.1) is 11.6 Å². The molecule has 0 aliphatic rings. The molecule has 0 aliphatic carbocycles. The van der Waals surface area contributed by atoms with Gasteiger partial charge >= 0.3 is 0 Å². The van der Waals surface area contributed by atoms with Gasteiger partial charge in [0.1, 0.15) is 5.21 Å². The van der Waals surface area contributed by atoms with Crippen molar-refractivity contribution in [1.29, 1.82) is 0 Å². The van der Waals surface area contributed by atoms with Gasteiger partial charge in [-0.25, -0.2) is 8.42 Å². The second kappa shape index (κ2) is 4.64. The fourth-order valence-electron chi connectivity index (χ4n) is 0.650. The van der Waals surface area contributed by atoms with E-state index in [0.717, 1.165) is 4.31 Å². The predicted octanol–water partition coefficient (Wildman–Crippen LogP) is -0.680. The van der Waals surface area contributed by atoms with E-state index in [1.54, 1.807) is 6.92 Å². The molecular formula is C5H11ClN2O3S. The molecule has 0 saturated carbocycles. The zero-order valence-electron chi connectivity index (χ0n) is 6.66. The number of nitrogens with zero attached hydrogens (tertiary/aromatic N) is 1. The third-order valence-corrected chi connectivity index (χ3v) is 3.49. The first kappa shape index (κ1) is 11.7. The standard InChI is InChI=1S/C5H11ClN2O3S/c1-2-8(3-5(7)9)12(10,11)4-6/h2-4H2,1H3,(H2,7,9). The van der Waals surface area contributed by atoms with Crippen molar-refractivity contribution in [2.75, 3.05) is 18.3 Å². The average molecular weight is 215 g/mol. The van der Waals surface area contributed by atoms with Gasteiger partial charge in [0.05, 0.1) is 6.54 Å². The lowest BCUT2D eigenvalue weighted by molar-refractivity contribution is -0.118. The van der Waals surface area contributed by atoms with Crippen LogP contribution in [0.1, 0.15) is 6.92 Å². The summed E-state index contributed by atoms with van der Waals surface area (Å²) in [6, 6.07) is 0. The van der Waals surface area contributed by atoms with E-state index in [2.05, 4.69) is 0 Å². The molecule has 2 N–H and O–H groups in total. The smallest absolute Gasteiger partial charge is 0.232 e. The molecule has 0 aromatic rings. The summed E-state index contributed by atoms with van der Waals surface area (Å²) >= 11 is 5.17. The number of alkyl halides is 1. The van der Waals surface area contributed by atoms with E-state index in [0.29, 0.717) is 0 Å². The lowest BCUT2D eigenvalue weighted by atomic mass is 10.6. The van der Waals surface area contributed by atoms with Crippen LogP contribution >= 0.6 is 11.6 Å². The molecule has 0 heterocycles. The van der Waals surface area contributed by atoms with Crippen molar-refractivity contribution in [3.8, 4) is 0 Å². The van der Waals surface area contributed by atoms with Gasteiger partial charge in [0, 0.05) is 6.54 Å². The van der Waals surface area contributed by atoms with Crippen molar-refractivity contribution in [3.05, 3.63) is 0 Å². The van der Waals surface area contributed by atoms with Gasteiger partial charge in [-0.2, -0.15) is 4.31 Å². The summed E-state index contributed by atoms with van der Waals surface area (Å²) in [7, 11) is -3.51. The Bertz CT molecular complexity index is 251.